The molecule has 3 aromatic rings. The van der Waals surface area contributed by atoms with Crippen LogP contribution in [0.4, 0.5) is 16.2 Å². The molecule has 1 heterocycles. The predicted octanol–water partition coefficient (Wildman–Crippen LogP) is 4.18. The Balaban J connectivity index is 1.62. The number of para-hydroxylation sites is 1. The van der Waals surface area contributed by atoms with Crippen molar-refractivity contribution in [3.63, 3.8) is 0 Å². The van der Waals surface area contributed by atoms with Crippen LogP contribution in [0, 0.1) is 12.8 Å². The Morgan fingerprint density at radius 3 is 2.44 bits per heavy atom. The Hall–Kier alpha value is -4.09. The van der Waals surface area contributed by atoms with Crippen LogP contribution in [-0.2, 0) is 10.0 Å². The quantitative estimate of drug-likeness (QED) is 0.367. The smallest absolute Gasteiger partial charge is 0.321 e. The van der Waals surface area contributed by atoms with Crippen LogP contribution < -0.4 is 14.8 Å². The summed E-state index contributed by atoms with van der Waals surface area (Å²) in [5, 5.41) is 12.8. The predicted molar refractivity (Wildman–Crippen MR) is 158 cm³/mol. The molecule has 0 saturated carbocycles. The molecule has 11 heteroatoms. The number of carbonyl (C=O) groups is 2. The number of aryl methyl sites for hydroxylation is 1. The highest BCUT2D eigenvalue weighted by atomic mass is 32.2. The third kappa shape index (κ3) is 7.17. The summed E-state index contributed by atoms with van der Waals surface area (Å²) in [6.07, 6.45) is -0.503. The number of aliphatic hydroxyl groups excluding tert-OH is 1. The zero-order chi connectivity index (χ0) is 29.7. The number of ether oxygens (including phenoxy) is 1. The molecule has 0 bridgehead atoms. The normalized spacial score (nSPS) is 17.9. The van der Waals surface area contributed by atoms with E-state index in [1.54, 1.807) is 49.2 Å². The lowest BCUT2D eigenvalue weighted by atomic mass is 9.99. The van der Waals surface area contributed by atoms with Crippen LogP contribution in [-0.4, -0.2) is 74.2 Å². The molecule has 3 atom stereocenters. The number of sulfonamides is 1. The third-order valence-corrected chi connectivity index (χ3v) is 8.47. The zero-order valence-electron chi connectivity index (χ0n) is 23.6. The number of amides is 3. The minimum atomic E-state index is -3.90. The fourth-order valence-corrected chi connectivity index (χ4v) is 5.58. The van der Waals surface area contributed by atoms with Crippen LogP contribution >= 0.6 is 0 Å². The topological polar surface area (TPSA) is 128 Å². The molecule has 3 amide bonds. The molecule has 0 fully saturated rings. The summed E-state index contributed by atoms with van der Waals surface area (Å²) >= 11 is 0. The maximum atomic E-state index is 13.7. The number of aliphatic hydroxyl groups is 1. The Morgan fingerprint density at radius 2 is 1.78 bits per heavy atom. The molecule has 10 nitrogen and oxygen atoms in total. The second-order valence-corrected chi connectivity index (χ2v) is 12.1. The molecule has 0 radical (unpaired) electrons. The number of anilines is 2. The average Bonchev–Trinajstić information content (AvgIpc) is 2.95. The molecule has 1 aliphatic rings. The van der Waals surface area contributed by atoms with Gasteiger partial charge in [0.15, 0.2) is 0 Å². The summed E-state index contributed by atoms with van der Waals surface area (Å²) in [6, 6.07) is 19.3. The molecular formula is C30H36N4O6S. The second kappa shape index (κ2) is 12.6. The zero-order valence-corrected chi connectivity index (χ0v) is 24.4. The first-order valence-corrected chi connectivity index (χ1v) is 14.9. The first-order valence-electron chi connectivity index (χ1n) is 13.4. The van der Waals surface area contributed by atoms with Crippen LogP contribution in [0.2, 0.25) is 0 Å². The summed E-state index contributed by atoms with van der Waals surface area (Å²) in [7, 11) is -2.24. The van der Waals surface area contributed by atoms with Gasteiger partial charge in [-0.15, -0.1) is 0 Å². The van der Waals surface area contributed by atoms with E-state index < -0.39 is 28.1 Å². The number of likely N-dealkylation sites (N-methyl/N-ethyl adjacent to an activating group) is 1. The van der Waals surface area contributed by atoms with E-state index in [2.05, 4.69) is 10.0 Å². The Morgan fingerprint density at radius 1 is 1.10 bits per heavy atom. The van der Waals surface area contributed by atoms with Gasteiger partial charge in [0.25, 0.3) is 15.9 Å². The van der Waals surface area contributed by atoms with Crippen molar-refractivity contribution in [1.82, 2.24) is 9.80 Å². The van der Waals surface area contributed by atoms with Gasteiger partial charge in [-0.05, 0) is 56.3 Å². The van der Waals surface area contributed by atoms with Crippen molar-refractivity contribution in [3.8, 4) is 5.75 Å². The van der Waals surface area contributed by atoms with Gasteiger partial charge in [-0.25, -0.2) is 13.2 Å². The van der Waals surface area contributed by atoms with Gasteiger partial charge in [0, 0.05) is 30.9 Å². The minimum absolute atomic E-state index is 0.0960. The fraction of sp³-hybridized carbons (Fsp3) is 0.333. The first-order chi connectivity index (χ1) is 19.5. The maximum Gasteiger partial charge on any atom is 0.321 e. The van der Waals surface area contributed by atoms with Crippen LogP contribution in [0.25, 0.3) is 0 Å². The van der Waals surface area contributed by atoms with Gasteiger partial charge in [-0.3, -0.25) is 9.52 Å². The molecule has 1 aliphatic heterocycles. The molecule has 3 aromatic carbocycles. The fourth-order valence-electron chi connectivity index (χ4n) is 4.53. The van der Waals surface area contributed by atoms with Gasteiger partial charge >= 0.3 is 6.03 Å². The number of benzene rings is 3. The highest BCUT2D eigenvalue weighted by Gasteiger charge is 2.34. The monoisotopic (exact) mass is 580 g/mol. The highest BCUT2D eigenvalue weighted by molar-refractivity contribution is 7.92. The molecule has 41 heavy (non-hydrogen) atoms. The second-order valence-electron chi connectivity index (χ2n) is 10.4. The van der Waals surface area contributed by atoms with Gasteiger partial charge in [-0.1, -0.05) is 42.8 Å². The summed E-state index contributed by atoms with van der Waals surface area (Å²) < 4.78 is 34.9. The van der Waals surface area contributed by atoms with E-state index in [1.165, 1.54) is 29.2 Å². The van der Waals surface area contributed by atoms with Gasteiger partial charge in [0.1, 0.15) is 11.9 Å². The van der Waals surface area contributed by atoms with Gasteiger partial charge in [0.05, 0.1) is 29.7 Å². The molecule has 0 aromatic heterocycles. The van der Waals surface area contributed by atoms with E-state index in [1.807, 2.05) is 32.0 Å². The van der Waals surface area contributed by atoms with Crippen LogP contribution in [0.5, 0.6) is 5.75 Å². The maximum absolute atomic E-state index is 13.7. The van der Waals surface area contributed by atoms with Crippen molar-refractivity contribution in [2.75, 3.05) is 36.8 Å². The van der Waals surface area contributed by atoms with Crippen molar-refractivity contribution in [3.05, 3.63) is 83.9 Å². The van der Waals surface area contributed by atoms with E-state index in [0.717, 1.165) is 5.56 Å². The van der Waals surface area contributed by atoms with Crippen molar-refractivity contribution in [1.29, 1.82) is 0 Å². The molecule has 0 spiro atoms. The first kappa shape index (κ1) is 29.9. The van der Waals surface area contributed by atoms with E-state index in [9.17, 15) is 23.1 Å². The number of nitrogens with zero attached hydrogens (tertiary/aromatic N) is 2. The van der Waals surface area contributed by atoms with Crippen molar-refractivity contribution < 1.29 is 27.9 Å². The molecule has 0 unspecified atom stereocenters. The molecule has 218 valence electrons. The lowest BCUT2D eigenvalue weighted by Gasteiger charge is -2.38. The van der Waals surface area contributed by atoms with Crippen molar-refractivity contribution in [2.24, 2.45) is 5.92 Å². The van der Waals surface area contributed by atoms with Crippen LogP contribution in [0.3, 0.4) is 0 Å². The lowest BCUT2D eigenvalue weighted by Crippen LogP contribution is -2.50. The van der Waals surface area contributed by atoms with Crippen LogP contribution in [0.1, 0.15) is 29.8 Å². The summed E-state index contributed by atoms with van der Waals surface area (Å²) in [4.78, 5) is 29.7. The molecule has 0 saturated heterocycles. The van der Waals surface area contributed by atoms with E-state index in [-0.39, 0.29) is 53.5 Å². The highest BCUT2D eigenvalue weighted by Crippen LogP contribution is 2.31. The molecular weight excluding hydrogens is 544 g/mol. The summed E-state index contributed by atoms with van der Waals surface area (Å²) in [5.74, 6) is -0.331. The molecule has 3 N–H and O–H groups in total. The number of rotatable bonds is 8. The number of hydrogen-bond donors (Lipinski definition) is 3. The molecule has 0 aliphatic carbocycles. The van der Waals surface area contributed by atoms with E-state index >= 15 is 0 Å². The summed E-state index contributed by atoms with van der Waals surface area (Å²) in [6.45, 7) is 5.76. The van der Waals surface area contributed by atoms with E-state index in [4.69, 9.17) is 4.74 Å². The minimum Gasteiger partial charge on any atom is -0.487 e. The van der Waals surface area contributed by atoms with Crippen LogP contribution in [0.15, 0.2) is 77.7 Å². The number of fused-ring (bicyclic) bond motifs is 1. The Labute approximate surface area is 241 Å². The lowest BCUT2D eigenvalue weighted by molar-refractivity contribution is 0.0371. The third-order valence-electron chi connectivity index (χ3n) is 7.07. The number of urea groups is 1. The van der Waals surface area contributed by atoms with E-state index in [0.29, 0.717) is 5.69 Å². The van der Waals surface area contributed by atoms with Crippen molar-refractivity contribution in [2.45, 2.75) is 37.8 Å². The number of carbonyl (C=O) groups excluding carboxylic acids is 2. The Bertz CT molecular complexity index is 1480. The van der Waals surface area contributed by atoms with Gasteiger partial charge < -0.3 is 25.0 Å². The summed E-state index contributed by atoms with van der Waals surface area (Å²) in [5.41, 5.74) is 1.94. The largest absolute Gasteiger partial charge is 0.487 e. The van der Waals surface area contributed by atoms with Gasteiger partial charge in [0.2, 0.25) is 0 Å². The average molecular weight is 581 g/mol. The number of nitrogens with one attached hydrogen (secondary N) is 2. The molecule has 4 rings (SSSR count). The van der Waals surface area contributed by atoms with Gasteiger partial charge in [-0.2, -0.15) is 0 Å². The van der Waals surface area contributed by atoms with Crippen molar-refractivity contribution >= 4 is 33.3 Å². The SMILES string of the molecule is Cc1ccc(S(=O)(=O)Nc2ccc3c(c2)C(=O)N([C@@H](C)CO)C[C@@H](C)[C@@H](CN(C)C(=O)Nc2ccccc2)O3)cc1. The number of hydrogen-bond acceptors (Lipinski definition) is 6. The Kier molecular flexibility index (Phi) is 9.19. The standard InChI is InChI=1S/C30H36N4O6S/c1-20-10-13-25(14-11-20)41(38,39)32-24-12-15-27-26(16-24)29(36)34(22(3)19-35)17-21(2)28(40-27)18-33(4)30(37)31-23-8-6-5-7-9-23/h5-16,21-22,28,32,35H,17-19H2,1-4H3,(H,31,37)/t21-,22+,28-/m1/s1.